The topological polar surface area (TPSA) is 67.2 Å². The Kier molecular flexibility index (Phi) is 6.40. The third-order valence-electron chi connectivity index (χ3n) is 6.22. The number of hydrogen-bond acceptors (Lipinski definition) is 5. The van der Waals surface area contributed by atoms with Crippen LogP contribution in [0, 0.1) is 11.7 Å². The first-order valence-corrected chi connectivity index (χ1v) is 12.3. The predicted molar refractivity (Wildman–Crippen MR) is 133 cm³/mol. The first-order chi connectivity index (χ1) is 16.6. The van der Waals surface area contributed by atoms with E-state index in [2.05, 4.69) is 5.32 Å². The maximum Gasteiger partial charge on any atom is 0.273 e. The number of piperidine rings is 1. The lowest BCUT2D eigenvalue weighted by molar-refractivity contribution is -0.125. The fraction of sp³-hybridized carbons (Fsp3) is 0.269. The van der Waals surface area contributed by atoms with Crippen molar-refractivity contribution in [2.24, 2.45) is 5.92 Å². The highest BCUT2D eigenvalue weighted by Gasteiger charge is 2.29. The number of nitrogens with zero attached hydrogens (tertiary/aromatic N) is 3. The number of rotatable bonds is 6. The summed E-state index contributed by atoms with van der Waals surface area (Å²) < 4.78 is 16.3. The van der Waals surface area contributed by atoms with Crippen molar-refractivity contribution in [2.45, 2.75) is 25.9 Å². The van der Waals surface area contributed by atoms with E-state index in [1.54, 1.807) is 22.8 Å². The minimum absolute atomic E-state index is 0.0648. The minimum atomic E-state index is -0.328. The molecule has 0 radical (unpaired) electrons. The van der Waals surface area contributed by atoms with Crippen LogP contribution < -0.4 is 15.8 Å². The van der Waals surface area contributed by atoms with Crippen LogP contribution in [0.15, 0.2) is 70.8 Å². The van der Waals surface area contributed by atoms with E-state index in [1.807, 2.05) is 46.7 Å². The van der Waals surface area contributed by atoms with Crippen LogP contribution in [0.2, 0.25) is 0 Å². The van der Waals surface area contributed by atoms with Crippen molar-refractivity contribution < 1.29 is 9.18 Å². The summed E-state index contributed by atoms with van der Waals surface area (Å²) >= 11 is 1.40. The number of benzene rings is 2. The highest BCUT2D eigenvalue weighted by Crippen LogP contribution is 2.25. The Morgan fingerprint density at radius 2 is 1.91 bits per heavy atom. The van der Waals surface area contributed by atoms with E-state index in [9.17, 15) is 14.0 Å². The van der Waals surface area contributed by atoms with Gasteiger partial charge in [-0.15, -0.1) is 11.3 Å². The van der Waals surface area contributed by atoms with Crippen LogP contribution in [0.4, 0.5) is 10.3 Å². The molecule has 0 unspecified atom stereocenters. The number of nitrogens with one attached hydrogen (secondary N) is 1. The fourth-order valence-corrected chi connectivity index (χ4v) is 5.20. The molecule has 0 saturated carbocycles. The highest BCUT2D eigenvalue weighted by molar-refractivity contribution is 7.17. The number of thiophene rings is 1. The number of carbonyl (C=O) groups is 1. The average molecular weight is 477 g/mol. The van der Waals surface area contributed by atoms with Gasteiger partial charge in [0.15, 0.2) is 0 Å². The Hall–Kier alpha value is -3.52. The van der Waals surface area contributed by atoms with Gasteiger partial charge in [0.1, 0.15) is 10.5 Å². The largest absolute Gasteiger partial charge is 0.352 e. The molecule has 1 N–H and O–H groups in total. The zero-order valence-corrected chi connectivity index (χ0v) is 19.4. The quantitative estimate of drug-likeness (QED) is 0.453. The van der Waals surface area contributed by atoms with Crippen molar-refractivity contribution in [1.82, 2.24) is 14.9 Å². The standard InChI is InChI=1S/C26H25FN4O2S/c27-21-11-5-4-9-19(21)15-28-24(32)20-10-6-13-30(17-20)26-29-22-12-14-34-23(22)25(33)31(26)16-18-7-2-1-3-8-18/h1-5,7-9,11-12,14,20H,6,10,13,15-17H2,(H,28,32)/t20-/m0/s1. The van der Waals surface area contributed by atoms with E-state index in [0.29, 0.717) is 41.4 Å². The molecular formula is C26H25FN4O2S. The molecule has 0 bridgehead atoms. The summed E-state index contributed by atoms with van der Waals surface area (Å²) in [6, 6.07) is 18.1. The second-order valence-electron chi connectivity index (χ2n) is 8.52. The zero-order chi connectivity index (χ0) is 23.5. The lowest BCUT2D eigenvalue weighted by atomic mass is 9.97. The van der Waals surface area contributed by atoms with Crippen molar-refractivity contribution in [3.8, 4) is 0 Å². The normalized spacial score (nSPS) is 16.0. The van der Waals surface area contributed by atoms with Gasteiger partial charge in [-0.3, -0.25) is 14.2 Å². The van der Waals surface area contributed by atoms with Gasteiger partial charge < -0.3 is 10.2 Å². The molecule has 1 fully saturated rings. The molecule has 0 aliphatic carbocycles. The van der Waals surface area contributed by atoms with Gasteiger partial charge in [0.2, 0.25) is 11.9 Å². The molecule has 2 aromatic carbocycles. The van der Waals surface area contributed by atoms with Crippen LogP contribution in [0.25, 0.3) is 10.2 Å². The summed E-state index contributed by atoms with van der Waals surface area (Å²) in [4.78, 5) is 33.2. The first kappa shape index (κ1) is 22.3. The van der Waals surface area contributed by atoms with E-state index in [1.165, 1.54) is 17.4 Å². The number of hydrogen-bond donors (Lipinski definition) is 1. The third kappa shape index (κ3) is 4.59. The predicted octanol–water partition coefficient (Wildman–Crippen LogP) is 4.18. The van der Waals surface area contributed by atoms with Gasteiger partial charge in [-0.25, -0.2) is 9.37 Å². The van der Waals surface area contributed by atoms with Crippen LogP contribution >= 0.6 is 11.3 Å². The van der Waals surface area contributed by atoms with Crippen molar-refractivity contribution in [3.63, 3.8) is 0 Å². The van der Waals surface area contributed by atoms with Crippen molar-refractivity contribution in [1.29, 1.82) is 0 Å². The van der Waals surface area contributed by atoms with Crippen LogP contribution in [-0.4, -0.2) is 28.5 Å². The summed E-state index contributed by atoms with van der Waals surface area (Å²) in [5.74, 6) is -0.111. The van der Waals surface area contributed by atoms with Crippen LogP contribution in [0.1, 0.15) is 24.0 Å². The van der Waals surface area contributed by atoms with E-state index in [0.717, 1.165) is 18.4 Å². The summed E-state index contributed by atoms with van der Waals surface area (Å²) in [5, 5.41) is 4.76. The molecule has 0 spiro atoms. The molecule has 174 valence electrons. The van der Waals surface area contributed by atoms with Gasteiger partial charge in [0.25, 0.3) is 5.56 Å². The Bertz CT molecular complexity index is 1370. The number of carbonyl (C=O) groups excluding carboxylic acids is 1. The van der Waals surface area contributed by atoms with Gasteiger partial charge in [-0.1, -0.05) is 48.5 Å². The first-order valence-electron chi connectivity index (χ1n) is 11.4. The molecule has 4 aromatic rings. The summed E-state index contributed by atoms with van der Waals surface area (Å²) in [6.07, 6.45) is 1.55. The lowest BCUT2D eigenvalue weighted by Gasteiger charge is -2.34. The molecule has 3 heterocycles. The van der Waals surface area contributed by atoms with Crippen molar-refractivity contribution in [2.75, 3.05) is 18.0 Å². The molecular weight excluding hydrogens is 451 g/mol. The van der Waals surface area contributed by atoms with Gasteiger partial charge in [0, 0.05) is 25.2 Å². The molecule has 1 atom stereocenters. The number of anilines is 1. The van der Waals surface area contributed by atoms with Gasteiger partial charge in [-0.2, -0.15) is 0 Å². The van der Waals surface area contributed by atoms with Crippen molar-refractivity contribution in [3.05, 3.63) is 93.3 Å². The smallest absolute Gasteiger partial charge is 0.273 e. The van der Waals surface area contributed by atoms with Crippen molar-refractivity contribution >= 4 is 33.4 Å². The molecule has 6 nitrogen and oxygen atoms in total. The third-order valence-corrected chi connectivity index (χ3v) is 7.11. The Morgan fingerprint density at radius 3 is 2.74 bits per heavy atom. The monoisotopic (exact) mass is 476 g/mol. The molecule has 1 amide bonds. The number of fused-ring (bicyclic) bond motifs is 1. The van der Waals surface area contributed by atoms with Gasteiger partial charge in [-0.05, 0) is 35.9 Å². The Balaban J connectivity index is 1.39. The van der Waals surface area contributed by atoms with E-state index in [-0.39, 0.29) is 29.7 Å². The number of aromatic nitrogens is 2. The number of amides is 1. The molecule has 1 aliphatic heterocycles. The second kappa shape index (κ2) is 9.77. The summed E-state index contributed by atoms with van der Waals surface area (Å²) in [5.41, 5.74) is 2.09. The Labute approximate surface area is 200 Å². The van der Waals surface area contributed by atoms with E-state index in [4.69, 9.17) is 4.98 Å². The molecule has 2 aromatic heterocycles. The van der Waals surface area contributed by atoms with Gasteiger partial charge >= 0.3 is 0 Å². The fourth-order valence-electron chi connectivity index (χ4n) is 4.42. The minimum Gasteiger partial charge on any atom is -0.352 e. The summed E-state index contributed by atoms with van der Waals surface area (Å²) in [6.45, 7) is 1.74. The second-order valence-corrected chi connectivity index (χ2v) is 9.43. The maximum atomic E-state index is 13.9. The van der Waals surface area contributed by atoms with E-state index < -0.39 is 0 Å². The average Bonchev–Trinajstić information content (AvgIpc) is 3.35. The lowest BCUT2D eigenvalue weighted by Crippen LogP contribution is -2.45. The molecule has 5 rings (SSSR count). The Morgan fingerprint density at radius 1 is 1.12 bits per heavy atom. The van der Waals surface area contributed by atoms with E-state index >= 15 is 0 Å². The zero-order valence-electron chi connectivity index (χ0n) is 18.6. The molecule has 1 aliphatic rings. The molecule has 8 heteroatoms. The molecule has 34 heavy (non-hydrogen) atoms. The van der Waals surface area contributed by atoms with Crippen LogP contribution in [0.5, 0.6) is 0 Å². The number of halogens is 1. The van der Waals surface area contributed by atoms with Crippen LogP contribution in [-0.2, 0) is 17.9 Å². The maximum absolute atomic E-state index is 13.9. The molecule has 1 saturated heterocycles. The summed E-state index contributed by atoms with van der Waals surface area (Å²) in [7, 11) is 0. The van der Waals surface area contributed by atoms with Gasteiger partial charge in [0.05, 0.1) is 18.0 Å². The van der Waals surface area contributed by atoms with Crippen LogP contribution in [0.3, 0.4) is 0 Å². The highest BCUT2D eigenvalue weighted by atomic mass is 32.1. The SMILES string of the molecule is O=C(NCc1ccccc1F)[C@H]1CCCN(c2nc3ccsc3c(=O)n2Cc2ccccc2)C1.